The number of aromatic nitrogens is 3. The molecule has 19 heavy (non-hydrogen) atoms. The maximum atomic E-state index is 11.3. The van der Waals surface area contributed by atoms with Crippen molar-refractivity contribution in [3.8, 4) is 0 Å². The normalized spacial score (nSPS) is 19.8. The molecule has 1 amide bonds. The number of carboxylic acid groups (broad SMARTS) is 1. The number of amides is 1. The molecule has 1 atom stereocenters. The molecule has 0 radical (unpaired) electrons. The summed E-state index contributed by atoms with van der Waals surface area (Å²) < 4.78 is 1.95. The van der Waals surface area contributed by atoms with E-state index in [1.54, 1.807) is 12.4 Å². The van der Waals surface area contributed by atoms with Crippen molar-refractivity contribution in [2.24, 2.45) is 0 Å². The van der Waals surface area contributed by atoms with E-state index in [4.69, 9.17) is 0 Å². The first kappa shape index (κ1) is 12.0. The number of nitrogens with zero attached hydrogens (tertiary/aromatic N) is 4. The van der Waals surface area contributed by atoms with Gasteiger partial charge in [-0.2, -0.15) is 0 Å². The fourth-order valence-electron chi connectivity index (χ4n) is 2.75. The van der Waals surface area contributed by atoms with Gasteiger partial charge in [-0.1, -0.05) is 0 Å². The van der Waals surface area contributed by atoms with E-state index in [1.165, 1.54) is 4.90 Å². The molecule has 3 heterocycles. The number of hydrogen-bond acceptors (Lipinski definition) is 3. The standard InChI is InChI=1S/C13H16N4O2/c1-9-11-8-15-12(16(11)7-5-14-9)10-4-2-3-6-17(10)13(18)19/h5,7-8,10H,2-4,6H2,1H3,(H,18,19)/t10-/m0/s1. The number of aryl methyl sites for hydroxylation is 1. The van der Waals surface area contributed by atoms with Crippen LogP contribution in [0.4, 0.5) is 4.79 Å². The van der Waals surface area contributed by atoms with Gasteiger partial charge in [-0.25, -0.2) is 9.78 Å². The maximum absolute atomic E-state index is 11.3. The highest BCUT2D eigenvalue weighted by Crippen LogP contribution is 2.30. The Morgan fingerprint density at radius 1 is 1.42 bits per heavy atom. The molecule has 1 fully saturated rings. The van der Waals surface area contributed by atoms with E-state index in [9.17, 15) is 9.90 Å². The molecule has 1 saturated heterocycles. The van der Waals surface area contributed by atoms with Crippen LogP contribution in [0.15, 0.2) is 18.6 Å². The van der Waals surface area contributed by atoms with E-state index >= 15 is 0 Å². The Labute approximate surface area is 110 Å². The molecule has 2 aromatic heterocycles. The highest BCUT2D eigenvalue weighted by atomic mass is 16.4. The van der Waals surface area contributed by atoms with E-state index < -0.39 is 6.09 Å². The van der Waals surface area contributed by atoms with E-state index in [0.717, 1.165) is 36.3 Å². The molecule has 100 valence electrons. The first-order valence-corrected chi connectivity index (χ1v) is 6.46. The number of piperidine rings is 1. The third kappa shape index (κ3) is 1.93. The molecule has 6 heteroatoms. The number of imidazole rings is 1. The third-order valence-corrected chi connectivity index (χ3v) is 3.73. The first-order valence-electron chi connectivity index (χ1n) is 6.46. The quantitative estimate of drug-likeness (QED) is 0.853. The monoisotopic (exact) mass is 260 g/mol. The lowest BCUT2D eigenvalue weighted by Crippen LogP contribution is -2.38. The van der Waals surface area contributed by atoms with Crippen molar-refractivity contribution in [3.05, 3.63) is 30.1 Å². The van der Waals surface area contributed by atoms with Gasteiger partial charge in [-0.15, -0.1) is 0 Å². The number of fused-ring (bicyclic) bond motifs is 1. The molecule has 0 aromatic carbocycles. The number of likely N-dealkylation sites (tertiary alicyclic amines) is 1. The van der Waals surface area contributed by atoms with Crippen LogP contribution in [-0.4, -0.2) is 37.0 Å². The topological polar surface area (TPSA) is 70.7 Å². The Bertz CT molecular complexity index is 622. The van der Waals surface area contributed by atoms with Crippen LogP contribution in [0.5, 0.6) is 0 Å². The smallest absolute Gasteiger partial charge is 0.407 e. The molecule has 0 bridgehead atoms. The Kier molecular flexibility index (Phi) is 2.85. The number of carbonyl (C=O) groups is 1. The SMILES string of the molecule is Cc1nccn2c([C@@H]3CCCCN3C(=O)O)ncc12. The fraction of sp³-hybridized carbons (Fsp3) is 0.462. The summed E-state index contributed by atoms with van der Waals surface area (Å²) in [6.45, 7) is 2.51. The van der Waals surface area contributed by atoms with Crippen LogP contribution < -0.4 is 0 Å². The molecule has 0 unspecified atom stereocenters. The van der Waals surface area contributed by atoms with E-state index in [1.807, 2.05) is 17.5 Å². The van der Waals surface area contributed by atoms with Crippen molar-refractivity contribution in [2.75, 3.05) is 6.54 Å². The summed E-state index contributed by atoms with van der Waals surface area (Å²) in [6, 6.07) is -0.157. The molecule has 0 saturated carbocycles. The van der Waals surface area contributed by atoms with Gasteiger partial charge in [-0.3, -0.25) is 14.3 Å². The second-order valence-electron chi connectivity index (χ2n) is 4.87. The van der Waals surface area contributed by atoms with Crippen molar-refractivity contribution >= 4 is 11.6 Å². The predicted molar refractivity (Wildman–Crippen MR) is 69.0 cm³/mol. The van der Waals surface area contributed by atoms with Crippen LogP contribution in [0.2, 0.25) is 0 Å². The predicted octanol–water partition coefficient (Wildman–Crippen LogP) is 2.24. The minimum absolute atomic E-state index is 0.157. The average Bonchev–Trinajstić information content (AvgIpc) is 2.84. The maximum Gasteiger partial charge on any atom is 0.407 e. The van der Waals surface area contributed by atoms with Gasteiger partial charge in [0.2, 0.25) is 0 Å². The molecule has 1 aliphatic heterocycles. The van der Waals surface area contributed by atoms with Gasteiger partial charge < -0.3 is 5.11 Å². The molecule has 3 rings (SSSR count). The summed E-state index contributed by atoms with van der Waals surface area (Å²) in [5, 5.41) is 9.31. The van der Waals surface area contributed by atoms with Crippen molar-refractivity contribution in [3.63, 3.8) is 0 Å². The zero-order chi connectivity index (χ0) is 13.4. The Morgan fingerprint density at radius 3 is 3.05 bits per heavy atom. The van der Waals surface area contributed by atoms with Crippen LogP contribution in [0.3, 0.4) is 0 Å². The van der Waals surface area contributed by atoms with Crippen LogP contribution >= 0.6 is 0 Å². The zero-order valence-corrected chi connectivity index (χ0v) is 10.8. The highest BCUT2D eigenvalue weighted by Gasteiger charge is 2.30. The van der Waals surface area contributed by atoms with E-state index in [-0.39, 0.29) is 6.04 Å². The third-order valence-electron chi connectivity index (χ3n) is 3.73. The van der Waals surface area contributed by atoms with Gasteiger partial charge in [0.25, 0.3) is 0 Å². The largest absolute Gasteiger partial charge is 0.465 e. The summed E-state index contributed by atoms with van der Waals surface area (Å²) in [7, 11) is 0. The summed E-state index contributed by atoms with van der Waals surface area (Å²) in [6.07, 6.45) is 7.26. The lowest BCUT2D eigenvalue weighted by Gasteiger charge is -2.32. The van der Waals surface area contributed by atoms with E-state index in [2.05, 4.69) is 9.97 Å². The fourth-order valence-corrected chi connectivity index (χ4v) is 2.75. The van der Waals surface area contributed by atoms with Gasteiger partial charge in [0, 0.05) is 18.9 Å². The van der Waals surface area contributed by atoms with Crippen molar-refractivity contribution in [1.82, 2.24) is 19.3 Å². The summed E-state index contributed by atoms with van der Waals surface area (Å²) >= 11 is 0. The lowest BCUT2D eigenvalue weighted by molar-refractivity contribution is 0.103. The van der Waals surface area contributed by atoms with Gasteiger partial charge in [0.05, 0.1) is 23.4 Å². The molecule has 0 aliphatic carbocycles. The van der Waals surface area contributed by atoms with Gasteiger partial charge in [-0.05, 0) is 26.2 Å². The van der Waals surface area contributed by atoms with Crippen LogP contribution in [0, 0.1) is 6.92 Å². The Balaban J connectivity index is 2.07. The van der Waals surface area contributed by atoms with Crippen LogP contribution in [-0.2, 0) is 0 Å². The molecule has 6 nitrogen and oxygen atoms in total. The number of hydrogen-bond donors (Lipinski definition) is 1. The van der Waals surface area contributed by atoms with Crippen molar-refractivity contribution in [1.29, 1.82) is 0 Å². The van der Waals surface area contributed by atoms with Gasteiger partial charge in [0.15, 0.2) is 0 Å². The number of rotatable bonds is 1. The minimum atomic E-state index is -0.868. The molecular formula is C13H16N4O2. The lowest BCUT2D eigenvalue weighted by atomic mass is 10.0. The first-order chi connectivity index (χ1) is 9.18. The zero-order valence-electron chi connectivity index (χ0n) is 10.8. The summed E-state index contributed by atoms with van der Waals surface area (Å²) in [4.78, 5) is 21.5. The molecule has 2 aromatic rings. The Hall–Kier alpha value is -2.11. The Morgan fingerprint density at radius 2 is 2.26 bits per heavy atom. The summed E-state index contributed by atoms with van der Waals surface area (Å²) in [5.74, 6) is 0.794. The van der Waals surface area contributed by atoms with Crippen molar-refractivity contribution in [2.45, 2.75) is 32.2 Å². The average molecular weight is 260 g/mol. The molecule has 0 spiro atoms. The van der Waals surface area contributed by atoms with Crippen molar-refractivity contribution < 1.29 is 9.90 Å². The van der Waals surface area contributed by atoms with Gasteiger partial charge in [0.1, 0.15) is 5.82 Å². The van der Waals surface area contributed by atoms with Gasteiger partial charge >= 0.3 is 6.09 Å². The van der Waals surface area contributed by atoms with Crippen LogP contribution in [0.1, 0.15) is 36.8 Å². The molecule has 1 N–H and O–H groups in total. The molecule has 1 aliphatic rings. The van der Waals surface area contributed by atoms with Crippen LogP contribution in [0.25, 0.3) is 5.52 Å². The van der Waals surface area contributed by atoms with E-state index in [0.29, 0.717) is 6.54 Å². The second-order valence-corrected chi connectivity index (χ2v) is 4.87. The highest BCUT2D eigenvalue weighted by molar-refractivity contribution is 5.66. The second kappa shape index (κ2) is 4.53. The summed E-state index contributed by atoms with van der Waals surface area (Å²) in [5.41, 5.74) is 1.84. The minimum Gasteiger partial charge on any atom is -0.465 e. The molecular weight excluding hydrogens is 244 g/mol.